The highest BCUT2D eigenvalue weighted by Crippen LogP contribution is 2.27. The van der Waals surface area contributed by atoms with Gasteiger partial charge in [0.25, 0.3) is 0 Å². The number of likely N-dealkylation sites (N-methyl/N-ethyl adjacent to an activating group) is 2. The SMILES string of the molecule is CN(C)CCN(C)C(=O)CN1CCC[C@](C)(NS(=O)(=O)c2ccc3cc(Cl)ccc3c2)C1=O. The van der Waals surface area contributed by atoms with Crippen LogP contribution in [-0.4, -0.2) is 87.8 Å². The third-order valence-electron chi connectivity index (χ3n) is 5.94. The Morgan fingerprint density at radius 3 is 2.48 bits per heavy atom. The summed E-state index contributed by atoms with van der Waals surface area (Å²) in [6.07, 6.45) is 0.949. The van der Waals surface area contributed by atoms with Gasteiger partial charge in [0.15, 0.2) is 0 Å². The number of carbonyl (C=O) groups excluding carboxylic acids is 2. The van der Waals surface area contributed by atoms with Gasteiger partial charge >= 0.3 is 0 Å². The van der Waals surface area contributed by atoms with Crippen LogP contribution in [-0.2, 0) is 19.6 Å². The van der Waals surface area contributed by atoms with Gasteiger partial charge < -0.3 is 14.7 Å². The number of carbonyl (C=O) groups is 2. The third kappa shape index (κ3) is 6.03. The Hall–Kier alpha value is -2.20. The first-order valence-electron chi connectivity index (χ1n) is 10.8. The van der Waals surface area contributed by atoms with Crippen molar-refractivity contribution >= 4 is 44.2 Å². The van der Waals surface area contributed by atoms with E-state index in [9.17, 15) is 18.0 Å². The molecular weight excluding hydrogens is 464 g/mol. The number of piperidine rings is 1. The zero-order valence-electron chi connectivity index (χ0n) is 19.5. The molecule has 1 aliphatic rings. The molecule has 1 N–H and O–H groups in total. The van der Waals surface area contributed by atoms with Crippen LogP contribution >= 0.6 is 11.6 Å². The van der Waals surface area contributed by atoms with E-state index in [2.05, 4.69) is 4.72 Å². The molecule has 0 aliphatic carbocycles. The summed E-state index contributed by atoms with van der Waals surface area (Å²) in [7, 11) is 1.58. The number of nitrogens with zero attached hydrogens (tertiary/aromatic N) is 3. The van der Waals surface area contributed by atoms with E-state index >= 15 is 0 Å². The van der Waals surface area contributed by atoms with E-state index in [1.165, 1.54) is 11.0 Å². The summed E-state index contributed by atoms with van der Waals surface area (Å²) >= 11 is 6.01. The second-order valence-corrected chi connectivity index (χ2v) is 11.2. The summed E-state index contributed by atoms with van der Waals surface area (Å²) in [6, 6.07) is 9.96. The lowest BCUT2D eigenvalue weighted by atomic mass is 9.91. The van der Waals surface area contributed by atoms with Gasteiger partial charge in [-0.1, -0.05) is 23.7 Å². The monoisotopic (exact) mass is 494 g/mol. The van der Waals surface area contributed by atoms with Crippen LogP contribution in [0.5, 0.6) is 0 Å². The van der Waals surface area contributed by atoms with Crippen LogP contribution in [0.25, 0.3) is 10.8 Å². The fourth-order valence-electron chi connectivity index (χ4n) is 3.90. The van der Waals surface area contributed by atoms with E-state index in [1.54, 1.807) is 49.2 Å². The summed E-state index contributed by atoms with van der Waals surface area (Å²) in [5.74, 6) is -0.565. The van der Waals surface area contributed by atoms with Crippen molar-refractivity contribution in [2.24, 2.45) is 0 Å². The largest absolute Gasteiger partial charge is 0.343 e. The molecule has 2 aromatic rings. The van der Waals surface area contributed by atoms with Crippen molar-refractivity contribution in [2.75, 3.05) is 47.3 Å². The summed E-state index contributed by atoms with van der Waals surface area (Å²) in [5, 5.41) is 2.12. The topological polar surface area (TPSA) is 90.0 Å². The zero-order valence-corrected chi connectivity index (χ0v) is 21.0. The second kappa shape index (κ2) is 9.97. The number of hydrogen-bond donors (Lipinski definition) is 1. The highest BCUT2D eigenvalue weighted by molar-refractivity contribution is 7.89. The van der Waals surface area contributed by atoms with Gasteiger partial charge in [-0.05, 0) is 68.9 Å². The van der Waals surface area contributed by atoms with E-state index in [0.29, 0.717) is 37.5 Å². The average Bonchev–Trinajstić information content (AvgIpc) is 2.74. The number of likely N-dealkylation sites (tertiary alicyclic amines) is 1. The predicted octanol–water partition coefficient (Wildman–Crippen LogP) is 2.17. The van der Waals surface area contributed by atoms with Gasteiger partial charge in [0.1, 0.15) is 5.54 Å². The van der Waals surface area contributed by atoms with Crippen molar-refractivity contribution in [1.29, 1.82) is 0 Å². The van der Waals surface area contributed by atoms with Gasteiger partial charge in [-0.2, -0.15) is 4.72 Å². The maximum absolute atomic E-state index is 13.2. The molecular formula is C23H31ClN4O4S. The van der Waals surface area contributed by atoms with Crippen LogP contribution in [0, 0.1) is 0 Å². The maximum Gasteiger partial charge on any atom is 0.244 e. The average molecular weight is 495 g/mol. The molecule has 2 aromatic carbocycles. The van der Waals surface area contributed by atoms with Crippen molar-refractivity contribution in [3.8, 4) is 0 Å². The molecule has 0 radical (unpaired) electrons. The molecule has 1 aliphatic heterocycles. The van der Waals surface area contributed by atoms with E-state index < -0.39 is 15.6 Å². The van der Waals surface area contributed by atoms with Crippen LogP contribution in [0.2, 0.25) is 5.02 Å². The van der Waals surface area contributed by atoms with Gasteiger partial charge in [0, 0.05) is 31.7 Å². The van der Waals surface area contributed by atoms with Crippen LogP contribution in [0.3, 0.4) is 0 Å². The number of sulfonamides is 1. The molecule has 2 amide bonds. The number of nitrogens with one attached hydrogen (secondary N) is 1. The molecule has 0 spiro atoms. The molecule has 1 saturated heterocycles. The summed E-state index contributed by atoms with van der Waals surface area (Å²) in [6.45, 7) is 3.19. The first-order valence-corrected chi connectivity index (χ1v) is 12.7. The van der Waals surface area contributed by atoms with Crippen LogP contribution in [0.15, 0.2) is 41.3 Å². The normalized spacial score (nSPS) is 19.3. The second-order valence-electron chi connectivity index (χ2n) is 9.04. The third-order valence-corrected chi connectivity index (χ3v) is 7.77. The maximum atomic E-state index is 13.2. The molecule has 180 valence electrons. The zero-order chi connectivity index (χ0) is 24.4. The summed E-state index contributed by atoms with van der Waals surface area (Å²) in [5.41, 5.74) is -1.32. The molecule has 8 nitrogen and oxygen atoms in total. The van der Waals surface area contributed by atoms with Crippen LogP contribution in [0.4, 0.5) is 0 Å². The van der Waals surface area contributed by atoms with Gasteiger partial charge in [-0.3, -0.25) is 9.59 Å². The number of fused-ring (bicyclic) bond motifs is 1. The molecule has 1 atom stereocenters. The lowest BCUT2D eigenvalue weighted by Crippen LogP contribution is -2.62. The minimum absolute atomic E-state index is 0.0722. The van der Waals surface area contributed by atoms with Crippen molar-refractivity contribution in [1.82, 2.24) is 19.4 Å². The number of benzene rings is 2. The Labute approximate surface area is 200 Å². The first-order chi connectivity index (χ1) is 15.4. The van der Waals surface area contributed by atoms with Crippen molar-refractivity contribution in [3.63, 3.8) is 0 Å². The van der Waals surface area contributed by atoms with Crippen molar-refractivity contribution < 1.29 is 18.0 Å². The van der Waals surface area contributed by atoms with Crippen molar-refractivity contribution in [3.05, 3.63) is 41.4 Å². The predicted molar refractivity (Wildman–Crippen MR) is 130 cm³/mol. The molecule has 10 heteroatoms. The Bertz CT molecular complexity index is 1150. The number of halogens is 1. The smallest absolute Gasteiger partial charge is 0.244 e. The number of hydrogen-bond acceptors (Lipinski definition) is 5. The molecule has 33 heavy (non-hydrogen) atoms. The van der Waals surface area contributed by atoms with Gasteiger partial charge in [-0.25, -0.2) is 8.42 Å². The quantitative estimate of drug-likeness (QED) is 0.607. The minimum Gasteiger partial charge on any atom is -0.343 e. The molecule has 3 rings (SSSR count). The molecule has 1 fully saturated rings. The van der Waals surface area contributed by atoms with Crippen LogP contribution < -0.4 is 4.72 Å². The number of amides is 2. The van der Waals surface area contributed by atoms with Crippen LogP contribution in [0.1, 0.15) is 19.8 Å². The lowest BCUT2D eigenvalue weighted by molar-refractivity contribution is -0.145. The summed E-state index contributed by atoms with van der Waals surface area (Å²) in [4.78, 5) is 30.9. The van der Waals surface area contributed by atoms with E-state index in [0.717, 1.165) is 10.8 Å². The molecule has 0 unspecified atom stereocenters. The standard InChI is InChI=1S/C23H31ClN4O4S/c1-23(10-5-11-28(22(23)30)16-21(29)27(4)13-12-26(2)3)25-33(31,32)20-9-7-17-14-19(24)8-6-18(17)15-20/h6-9,14-15,25H,5,10-13,16H2,1-4H3/t23-/m0/s1. The minimum atomic E-state index is -3.97. The fourth-order valence-corrected chi connectivity index (χ4v) is 5.51. The highest BCUT2D eigenvalue weighted by Gasteiger charge is 2.43. The van der Waals surface area contributed by atoms with E-state index in [-0.39, 0.29) is 23.3 Å². The molecule has 0 bridgehead atoms. The van der Waals surface area contributed by atoms with Gasteiger partial charge in [0.2, 0.25) is 21.8 Å². The Morgan fingerprint density at radius 2 is 1.79 bits per heavy atom. The molecule has 0 aromatic heterocycles. The summed E-state index contributed by atoms with van der Waals surface area (Å²) < 4.78 is 28.9. The highest BCUT2D eigenvalue weighted by atomic mass is 35.5. The molecule has 0 saturated carbocycles. The van der Waals surface area contributed by atoms with Gasteiger partial charge in [-0.15, -0.1) is 0 Å². The number of rotatable bonds is 8. The van der Waals surface area contributed by atoms with Gasteiger partial charge in [0.05, 0.1) is 11.4 Å². The Kier molecular flexibility index (Phi) is 7.68. The van der Waals surface area contributed by atoms with E-state index in [1.807, 2.05) is 19.0 Å². The first kappa shape index (κ1) is 25.4. The van der Waals surface area contributed by atoms with Crippen molar-refractivity contribution in [2.45, 2.75) is 30.2 Å². The fraction of sp³-hybridized carbons (Fsp3) is 0.478. The van der Waals surface area contributed by atoms with E-state index in [4.69, 9.17) is 11.6 Å². The Balaban J connectivity index is 1.74. The Morgan fingerprint density at radius 1 is 1.12 bits per heavy atom. The molecule has 1 heterocycles. The lowest BCUT2D eigenvalue weighted by Gasteiger charge is -2.39.